The molecule has 0 aliphatic heterocycles. The molecule has 11 heteroatoms. The summed E-state index contributed by atoms with van der Waals surface area (Å²) in [4.78, 5) is 25.2. The van der Waals surface area contributed by atoms with Crippen molar-refractivity contribution in [1.82, 2.24) is 5.32 Å². The summed E-state index contributed by atoms with van der Waals surface area (Å²) in [6.07, 6.45) is -2.98. The van der Waals surface area contributed by atoms with Gasteiger partial charge < -0.3 is 19.6 Å². The van der Waals surface area contributed by atoms with Gasteiger partial charge in [-0.25, -0.2) is 4.79 Å². The molecule has 0 aliphatic carbocycles. The van der Waals surface area contributed by atoms with Crippen LogP contribution in [0.2, 0.25) is 0 Å². The van der Waals surface area contributed by atoms with Crippen molar-refractivity contribution in [2.45, 2.75) is 31.7 Å². The van der Waals surface area contributed by atoms with E-state index in [1.807, 2.05) is 43.5 Å². The second-order valence-electron chi connectivity index (χ2n) is 9.66. The third-order valence-corrected chi connectivity index (χ3v) is 7.50. The molecule has 0 saturated heterocycles. The maximum absolute atomic E-state index is 13.4. The normalized spacial score (nSPS) is 12.7. The van der Waals surface area contributed by atoms with Crippen molar-refractivity contribution < 1.29 is 37.0 Å². The van der Waals surface area contributed by atoms with Gasteiger partial charge in [-0.3, -0.25) is 4.79 Å². The van der Waals surface area contributed by atoms with Gasteiger partial charge in [0.2, 0.25) is 0 Å². The number of thioether (sulfide) groups is 1. The molecule has 2 unspecified atom stereocenters. The first-order valence-corrected chi connectivity index (χ1v) is 14.5. The van der Waals surface area contributed by atoms with Gasteiger partial charge in [0.25, 0.3) is 5.91 Å². The van der Waals surface area contributed by atoms with Crippen LogP contribution in [0.5, 0.6) is 0 Å². The van der Waals surface area contributed by atoms with Crippen LogP contribution in [-0.4, -0.2) is 61.0 Å². The number of furan rings is 1. The zero-order chi connectivity index (χ0) is 30.4. The molecule has 0 saturated carbocycles. The Morgan fingerprint density at radius 3 is 2.30 bits per heavy atom. The Balaban J connectivity index is 0.00000506. The van der Waals surface area contributed by atoms with Crippen LogP contribution in [0.25, 0.3) is 22.5 Å². The zero-order valence-electron chi connectivity index (χ0n) is 23.2. The van der Waals surface area contributed by atoms with E-state index in [0.717, 1.165) is 23.3 Å². The van der Waals surface area contributed by atoms with Crippen molar-refractivity contribution in [2.75, 3.05) is 19.1 Å². The number of ether oxygens (including phenoxy) is 1. The number of carbonyl (C=O) groups is 2. The van der Waals surface area contributed by atoms with Crippen LogP contribution in [0.15, 0.2) is 83.3 Å². The third-order valence-electron chi connectivity index (χ3n) is 6.86. The van der Waals surface area contributed by atoms with E-state index >= 15 is 0 Å². The molecule has 1 aromatic heterocycles. The van der Waals surface area contributed by atoms with Crippen LogP contribution in [0.1, 0.15) is 45.3 Å². The molecule has 2 N–H and O–H groups in total. The van der Waals surface area contributed by atoms with E-state index in [9.17, 15) is 27.9 Å². The quantitative estimate of drug-likeness (QED) is 0.180. The first-order chi connectivity index (χ1) is 20.0. The summed E-state index contributed by atoms with van der Waals surface area (Å²) in [6, 6.07) is 19.7. The molecule has 0 bridgehead atoms. The number of carbonyl (C=O) groups excluding carboxylic acids is 1. The number of hydrogen-bond acceptors (Lipinski definition) is 5. The molecule has 6 nitrogen and oxygen atoms in total. The number of amides is 1. The number of aryl methyl sites for hydroxylation is 1. The summed E-state index contributed by atoms with van der Waals surface area (Å²) in [5.74, 6) is -0.241. The van der Waals surface area contributed by atoms with Gasteiger partial charge in [-0.2, -0.15) is 24.9 Å². The molecule has 2 atom stereocenters. The van der Waals surface area contributed by atoms with Gasteiger partial charge in [-0.1, -0.05) is 42.5 Å². The van der Waals surface area contributed by atoms with Crippen LogP contribution >= 0.6 is 11.8 Å². The summed E-state index contributed by atoms with van der Waals surface area (Å²) in [5, 5.41) is 12.3. The minimum absolute atomic E-state index is 0. The fraction of sp³-hybridized carbons (Fsp3) is 0.250. The fourth-order valence-electron chi connectivity index (χ4n) is 4.64. The average Bonchev–Trinajstić information content (AvgIpc) is 3.45. The Kier molecular flexibility index (Phi) is 11.8. The summed E-state index contributed by atoms with van der Waals surface area (Å²) < 4.78 is 50.7. The molecule has 0 spiro atoms. The van der Waals surface area contributed by atoms with Crippen LogP contribution in [0.4, 0.5) is 13.2 Å². The van der Waals surface area contributed by atoms with Gasteiger partial charge in [-0.05, 0) is 84.0 Å². The summed E-state index contributed by atoms with van der Waals surface area (Å²) in [5.41, 5.74) is 3.00. The Bertz CT molecular complexity index is 1560. The molecule has 1 amide bonds. The predicted molar refractivity (Wildman–Crippen MR) is 164 cm³/mol. The molecule has 4 aromatic rings. The molecule has 0 radical (unpaired) electrons. The Labute approximate surface area is 264 Å². The van der Waals surface area contributed by atoms with Crippen molar-refractivity contribution >= 4 is 42.5 Å². The number of aliphatic carboxylic acids is 1. The van der Waals surface area contributed by atoms with E-state index in [0.29, 0.717) is 39.5 Å². The number of halogens is 3. The standard InChI is InChI=1S/C32H30F3NO5S.Li.H/c1-19-6-4-5-7-23(19)25-18-21(10-13-24(25)30(37)36-26(31(38)39)16-17-42-3)29(40-2)28-15-14-27(41-28)20-8-11-22(12-9-20)32(33,34)35;;/h4-15,18,26,29H,16-17H2,1-3H3,(H,36,37)(H,38,39);;. The van der Waals surface area contributed by atoms with E-state index in [1.165, 1.54) is 31.0 Å². The van der Waals surface area contributed by atoms with Gasteiger partial charge in [0.15, 0.2) is 0 Å². The van der Waals surface area contributed by atoms with Crippen molar-refractivity contribution in [2.24, 2.45) is 0 Å². The average molecular weight is 606 g/mol. The van der Waals surface area contributed by atoms with E-state index in [1.54, 1.807) is 24.3 Å². The van der Waals surface area contributed by atoms with Crippen molar-refractivity contribution in [3.63, 3.8) is 0 Å². The molecular weight excluding hydrogens is 574 g/mol. The van der Waals surface area contributed by atoms with Gasteiger partial charge in [0.1, 0.15) is 23.7 Å². The van der Waals surface area contributed by atoms with Crippen molar-refractivity contribution in [3.05, 3.63) is 107 Å². The molecule has 43 heavy (non-hydrogen) atoms. The number of alkyl halides is 3. The van der Waals surface area contributed by atoms with Gasteiger partial charge in [0, 0.05) is 18.2 Å². The number of hydrogen-bond donors (Lipinski definition) is 2. The minimum atomic E-state index is -4.44. The van der Waals surface area contributed by atoms with Crippen LogP contribution in [0.3, 0.4) is 0 Å². The van der Waals surface area contributed by atoms with Gasteiger partial charge >= 0.3 is 31.0 Å². The Morgan fingerprint density at radius 1 is 1.00 bits per heavy atom. The topological polar surface area (TPSA) is 88.8 Å². The van der Waals surface area contributed by atoms with Gasteiger partial charge in [0.05, 0.1) is 5.56 Å². The van der Waals surface area contributed by atoms with Crippen LogP contribution in [0, 0.1) is 6.92 Å². The molecule has 0 fully saturated rings. The number of carboxylic acid groups (broad SMARTS) is 1. The summed E-state index contributed by atoms with van der Waals surface area (Å²) >= 11 is 1.50. The molecule has 3 aromatic carbocycles. The Morgan fingerprint density at radius 2 is 1.70 bits per heavy atom. The number of methoxy groups -OCH3 is 1. The maximum atomic E-state index is 13.4. The van der Waals surface area contributed by atoms with E-state index < -0.39 is 35.8 Å². The second-order valence-corrected chi connectivity index (χ2v) is 10.6. The monoisotopic (exact) mass is 605 g/mol. The SMILES string of the molecule is COC(c1ccc(C(=O)NC(CCSC)C(=O)O)c(-c2ccccc2C)c1)c1ccc(-c2ccc(C(F)(F)F)cc2)o1.[LiH]. The summed E-state index contributed by atoms with van der Waals surface area (Å²) in [7, 11) is 1.50. The number of benzene rings is 3. The van der Waals surface area contributed by atoms with Gasteiger partial charge in [-0.15, -0.1) is 0 Å². The summed E-state index contributed by atoms with van der Waals surface area (Å²) in [6.45, 7) is 1.92. The molecule has 1 heterocycles. The van der Waals surface area contributed by atoms with E-state index in [4.69, 9.17) is 9.15 Å². The second kappa shape index (κ2) is 14.8. The fourth-order valence-corrected chi connectivity index (χ4v) is 5.11. The van der Waals surface area contributed by atoms with Crippen molar-refractivity contribution in [1.29, 1.82) is 0 Å². The van der Waals surface area contributed by atoms with Crippen LogP contribution < -0.4 is 5.32 Å². The van der Waals surface area contributed by atoms with Crippen molar-refractivity contribution in [3.8, 4) is 22.5 Å². The molecule has 0 aliphatic rings. The van der Waals surface area contributed by atoms with Crippen LogP contribution in [-0.2, 0) is 15.7 Å². The zero-order valence-corrected chi connectivity index (χ0v) is 24.0. The van der Waals surface area contributed by atoms with E-state index in [2.05, 4.69) is 5.32 Å². The number of nitrogens with one attached hydrogen (secondary N) is 1. The number of carboxylic acids is 1. The molecular formula is C32H31F3LiNO5S. The molecule has 222 valence electrons. The first-order valence-electron chi connectivity index (χ1n) is 13.1. The first kappa shape index (κ1) is 34.1. The number of rotatable bonds is 11. The predicted octanol–water partition coefficient (Wildman–Crippen LogP) is 6.96. The third kappa shape index (κ3) is 8.15. The van der Waals surface area contributed by atoms with E-state index in [-0.39, 0.29) is 25.3 Å². The molecule has 4 rings (SSSR count). The Hall–Kier alpha value is -3.42.